The van der Waals surface area contributed by atoms with Crippen molar-refractivity contribution in [1.29, 1.82) is 0 Å². The molecule has 4 nitrogen and oxygen atoms in total. The van der Waals surface area contributed by atoms with E-state index < -0.39 is 0 Å². The Morgan fingerprint density at radius 1 is 1.19 bits per heavy atom. The fraction of sp³-hybridized carbons (Fsp3) is 0.429. The maximum absolute atomic E-state index is 5.79. The molecule has 0 unspecified atom stereocenters. The summed E-state index contributed by atoms with van der Waals surface area (Å²) in [4.78, 5) is 6.49. The van der Waals surface area contributed by atoms with Crippen LogP contribution in [0.15, 0.2) is 48.8 Å². The second kappa shape index (κ2) is 9.53. The minimum Gasteiger partial charge on any atom is -0.497 e. The van der Waals surface area contributed by atoms with Crippen molar-refractivity contribution in [3.63, 3.8) is 0 Å². The highest BCUT2D eigenvalue weighted by Gasteiger charge is 2.23. The summed E-state index contributed by atoms with van der Waals surface area (Å²) in [6, 6.07) is 12.6. The molecule has 1 heterocycles. The zero-order chi connectivity index (χ0) is 18.2. The van der Waals surface area contributed by atoms with E-state index in [0.29, 0.717) is 6.04 Å². The predicted octanol–water partition coefficient (Wildman–Crippen LogP) is 4.66. The van der Waals surface area contributed by atoms with Gasteiger partial charge in [0, 0.05) is 36.7 Å². The van der Waals surface area contributed by atoms with Gasteiger partial charge in [0.25, 0.3) is 0 Å². The number of ether oxygens (including phenoxy) is 1. The van der Waals surface area contributed by atoms with Crippen molar-refractivity contribution in [2.75, 3.05) is 19.0 Å². The highest BCUT2D eigenvalue weighted by Crippen LogP contribution is 2.24. The van der Waals surface area contributed by atoms with Crippen LogP contribution in [0.3, 0.4) is 0 Å². The minimum atomic E-state index is 0.524. The van der Waals surface area contributed by atoms with Gasteiger partial charge < -0.3 is 15.0 Å². The molecule has 1 aliphatic rings. The summed E-state index contributed by atoms with van der Waals surface area (Å²) in [6.45, 7) is 0.921. The van der Waals surface area contributed by atoms with Gasteiger partial charge in [-0.05, 0) is 61.3 Å². The van der Waals surface area contributed by atoms with Crippen LogP contribution in [-0.4, -0.2) is 34.7 Å². The molecule has 0 saturated heterocycles. The van der Waals surface area contributed by atoms with E-state index in [-0.39, 0.29) is 0 Å². The van der Waals surface area contributed by atoms with Crippen LogP contribution in [0.2, 0.25) is 0 Å². The first-order chi connectivity index (χ1) is 12.8. The fourth-order valence-electron chi connectivity index (χ4n) is 3.54. The van der Waals surface area contributed by atoms with Crippen LogP contribution in [0.4, 0.5) is 5.69 Å². The van der Waals surface area contributed by atoms with Gasteiger partial charge in [-0.3, -0.25) is 4.98 Å². The van der Waals surface area contributed by atoms with Crippen molar-refractivity contribution >= 4 is 23.0 Å². The molecule has 2 aromatic rings. The molecular weight excluding hydrogens is 342 g/mol. The van der Waals surface area contributed by atoms with Crippen molar-refractivity contribution in [1.82, 2.24) is 9.88 Å². The molecule has 0 amide bonds. The largest absolute Gasteiger partial charge is 0.497 e. The molecule has 1 saturated carbocycles. The number of methoxy groups -OCH3 is 1. The number of nitrogens with one attached hydrogen (secondary N) is 1. The summed E-state index contributed by atoms with van der Waals surface area (Å²) >= 11 is 5.79. The van der Waals surface area contributed by atoms with Crippen LogP contribution in [0, 0.1) is 0 Å². The molecule has 0 aliphatic heterocycles. The normalized spacial score (nSPS) is 14.7. The fourth-order valence-corrected chi connectivity index (χ4v) is 3.90. The number of thiocarbonyl (C=S) groups is 1. The summed E-state index contributed by atoms with van der Waals surface area (Å²) < 4.78 is 5.32. The maximum Gasteiger partial charge on any atom is 0.173 e. The average Bonchev–Trinajstić information content (AvgIpc) is 2.70. The molecule has 1 fully saturated rings. The van der Waals surface area contributed by atoms with Gasteiger partial charge in [0.15, 0.2) is 5.11 Å². The van der Waals surface area contributed by atoms with Crippen LogP contribution < -0.4 is 10.1 Å². The van der Waals surface area contributed by atoms with Crippen LogP contribution >= 0.6 is 12.2 Å². The quantitative estimate of drug-likeness (QED) is 0.749. The number of hydrogen-bond acceptors (Lipinski definition) is 3. The molecule has 1 aliphatic carbocycles. The zero-order valence-electron chi connectivity index (χ0n) is 15.4. The molecule has 0 bridgehead atoms. The number of rotatable bonds is 6. The van der Waals surface area contributed by atoms with E-state index in [1.807, 2.05) is 36.7 Å². The molecule has 5 heteroatoms. The maximum atomic E-state index is 5.79. The highest BCUT2D eigenvalue weighted by atomic mass is 32.1. The van der Waals surface area contributed by atoms with Crippen molar-refractivity contribution in [2.24, 2.45) is 0 Å². The minimum absolute atomic E-state index is 0.524. The Labute approximate surface area is 161 Å². The van der Waals surface area contributed by atoms with Gasteiger partial charge in [-0.2, -0.15) is 0 Å². The van der Waals surface area contributed by atoms with Gasteiger partial charge in [-0.1, -0.05) is 25.3 Å². The van der Waals surface area contributed by atoms with Crippen LogP contribution in [-0.2, 0) is 6.42 Å². The average molecular weight is 370 g/mol. The number of nitrogens with zero attached hydrogens (tertiary/aromatic N) is 2. The Balaban J connectivity index is 1.69. The van der Waals surface area contributed by atoms with E-state index in [9.17, 15) is 0 Å². The molecule has 1 aromatic heterocycles. The lowest BCUT2D eigenvalue weighted by Crippen LogP contribution is -2.44. The lowest BCUT2D eigenvalue weighted by Gasteiger charge is -2.36. The number of hydrogen-bond donors (Lipinski definition) is 1. The lowest BCUT2D eigenvalue weighted by atomic mass is 9.94. The first-order valence-corrected chi connectivity index (χ1v) is 9.77. The summed E-state index contributed by atoms with van der Waals surface area (Å²) in [7, 11) is 1.68. The molecule has 138 valence electrons. The first-order valence-electron chi connectivity index (χ1n) is 9.37. The zero-order valence-corrected chi connectivity index (χ0v) is 16.2. The van der Waals surface area contributed by atoms with E-state index >= 15 is 0 Å². The Hall–Kier alpha value is -2.14. The Morgan fingerprint density at radius 3 is 2.69 bits per heavy atom. The van der Waals surface area contributed by atoms with E-state index in [1.54, 1.807) is 7.11 Å². The molecule has 1 N–H and O–H groups in total. The number of pyridine rings is 1. The molecular formula is C21H27N3OS. The van der Waals surface area contributed by atoms with Gasteiger partial charge in [0.2, 0.25) is 0 Å². The SMILES string of the molecule is COc1cccc(NC(=S)N(CCc2ccncc2)C2CCCCC2)c1. The van der Waals surface area contributed by atoms with E-state index in [0.717, 1.165) is 29.5 Å². The van der Waals surface area contributed by atoms with Gasteiger partial charge in [0.05, 0.1) is 7.11 Å². The standard InChI is InChI=1S/C21H27N3OS/c1-25-20-9-5-6-18(16-20)23-21(26)24(19-7-3-2-4-8-19)15-12-17-10-13-22-14-11-17/h5-6,9-11,13-14,16,19H,2-4,7-8,12,15H2,1H3,(H,23,26). The second-order valence-electron chi connectivity index (χ2n) is 6.75. The monoisotopic (exact) mass is 369 g/mol. The Kier molecular flexibility index (Phi) is 6.83. The third kappa shape index (κ3) is 5.18. The van der Waals surface area contributed by atoms with E-state index in [1.165, 1.54) is 37.7 Å². The van der Waals surface area contributed by atoms with E-state index in [4.69, 9.17) is 17.0 Å². The Morgan fingerprint density at radius 2 is 1.96 bits per heavy atom. The molecule has 0 atom stereocenters. The summed E-state index contributed by atoms with van der Waals surface area (Å²) in [5.74, 6) is 0.832. The van der Waals surface area contributed by atoms with Crippen LogP contribution in [0.1, 0.15) is 37.7 Å². The van der Waals surface area contributed by atoms with Gasteiger partial charge in [0.1, 0.15) is 5.75 Å². The lowest BCUT2D eigenvalue weighted by molar-refractivity contribution is 0.248. The topological polar surface area (TPSA) is 37.4 Å². The predicted molar refractivity (Wildman–Crippen MR) is 111 cm³/mol. The molecule has 0 radical (unpaired) electrons. The molecule has 1 aromatic carbocycles. The smallest absolute Gasteiger partial charge is 0.173 e. The van der Waals surface area contributed by atoms with Crippen LogP contribution in [0.5, 0.6) is 5.75 Å². The summed E-state index contributed by atoms with van der Waals surface area (Å²) in [5, 5.41) is 4.22. The molecule has 3 rings (SSSR count). The van der Waals surface area contributed by atoms with E-state index in [2.05, 4.69) is 27.3 Å². The third-order valence-corrected chi connectivity index (χ3v) is 5.32. The van der Waals surface area contributed by atoms with Crippen LogP contribution in [0.25, 0.3) is 0 Å². The summed E-state index contributed by atoms with van der Waals surface area (Å²) in [5.41, 5.74) is 2.27. The second-order valence-corrected chi connectivity index (χ2v) is 7.14. The number of benzene rings is 1. The number of anilines is 1. The van der Waals surface area contributed by atoms with Gasteiger partial charge in [-0.25, -0.2) is 0 Å². The number of aromatic nitrogens is 1. The highest BCUT2D eigenvalue weighted by molar-refractivity contribution is 7.80. The third-order valence-electron chi connectivity index (χ3n) is 4.99. The van der Waals surface area contributed by atoms with Crippen molar-refractivity contribution in [2.45, 2.75) is 44.6 Å². The van der Waals surface area contributed by atoms with Crippen molar-refractivity contribution < 1.29 is 4.74 Å². The molecule has 0 spiro atoms. The Bertz CT molecular complexity index is 701. The van der Waals surface area contributed by atoms with Gasteiger partial charge >= 0.3 is 0 Å². The molecule has 26 heavy (non-hydrogen) atoms. The van der Waals surface area contributed by atoms with Gasteiger partial charge in [-0.15, -0.1) is 0 Å². The van der Waals surface area contributed by atoms with Crippen molar-refractivity contribution in [3.8, 4) is 5.75 Å². The first kappa shape index (κ1) is 18.6. The summed E-state index contributed by atoms with van der Waals surface area (Å²) in [6.07, 6.45) is 11.0. The van der Waals surface area contributed by atoms with Crippen molar-refractivity contribution in [3.05, 3.63) is 54.4 Å².